The summed E-state index contributed by atoms with van der Waals surface area (Å²) < 4.78 is 9.33. The molecular formula is C26H24N4O3. The molecule has 1 fully saturated rings. The summed E-state index contributed by atoms with van der Waals surface area (Å²) in [5.74, 6) is 1.37. The fraction of sp³-hybridized carbons (Fsp3) is 0.192. The lowest BCUT2D eigenvalue weighted by molar-refractivity contribution is -0.126. The number of carbonyl (C=O) groups is 1. The van der Waals surface area contributed by atoms with Gasteiger partial charge in [-0.2, -0.15) is 0 Å². The second kappa shape index (κ2) is 8.43. The first-order chi connectivity index (χ1) is 16.0. The van der Waals surface area contributed by atoms with Crippen LogP contribution >= 0.6 is 0 Å². The van der Waals surface area contributed by atoms with Gasteiger partial charge < -0.3 is 9.64 Å². The van der Waals surface area contributed by atoms with E-state index in [9.17, 15) is 9.59 Å². The third-order valence-electron chi connectivity index (χ3n) is 5.93. The standard InChI is InChI=1S/C26H24N4O3/c1-18(2)25(31)28-15-13-20(17-28)30-23-12-14-27-16-24(23)29(26(30)32)19-8-10-22(11-9-19)33-21-6-4-3-5-7-21/h3-12,14,16,20H,1,13,15,17H2,2H3/t20-/m1/s1. The van der Waals surface area contributed by atoms with Crippen molar-refractivity contribution in [3.63, 3.8) is 0 Å². The highest BCUT2D eigenvalue weighted by molar-refractivity contribution is 5.92. The van der Waals surface area contributed by atoms with Gasteiger partial charge >= 0.3 is 5.69 Å². The van der Waals surface area contributed by atoms with Crippen LogP contribution in [0.2, 0.25) is 0 Å². The Labute approximate surface area is 191 Å². The Morgan fingerprint density at radius 2 is 1.76 bits per heavy atom. The van der Waals surface area contributed by atoms with Crippen LogP contribution in [-0.4, -0.2) is 38.0 Å². The van der Waals surface area contributed by atoms with Crippen molar-refractivity contribution >= 4 is 16.9 Å². The summed E-state index contributed by atoms with van der Waals surface area (Å²) in [5.41, 5.74) is 2.61. The first-order valence-corrected chi connectivity index (χ1v) is 10.9. The van der Waals surface area contributed by atoms with Crippen molar-refractivity contribution in [3.8, 4) is 17.2 Å². The number of hydrogen-bond acceptors (Lipinski definition) is 4. The molecule has 0 unspecified atom stereocenters. The summed E-state index contributed by atoms with van der Waals surface area (Å²) in [6, 6.07) is 18.7. The van der Waals surface area contributed by atoms with E-state index in [-0.39, 0.29) is 17.6 Å². The van der Waals surface area contributed by atoms with Gasteiger partial charge in [-0.15, -0.1) is 0 Å². The summed E-state index contributed by atoms with van der Waals surface area (Å²) in [6.45, 7) is 6.56. The maximum atomic E-state index is 13.6. The Morgan fingerprint density at radius 3 is 2.48 bits per heavy atom. The number of fused-ring (bicyclic) bond motifs is 1. The smallest absolute Gasteiger partial charge is 0.334 e. The number of imidazole rings is 1. The van der Waals surface area contributed by atoms with Gasteiger partial charge in [-0.05, 0) is 55.8 Å². The van der Waals surface area contributed by atoms with Gasteiger partial charge in [0.05, 0.1) is 29.0 Å². The van der Waals surface area contributed by atoms with Gasteiger partial charge in [-0.3, -0.25) is 18.9 Å². The van der Waals surface area contributed by atoms with E-state index in [1.165, 1.54) is 0 Å². The number of para-hydroxylation sites is 1. The first kappa shape index (κ1) is 20.8. The van der Waals surface area contributed by atoms with Crippen LogP contribution in [0.4, 0.5) is 0 Å². The fourth-order valence-electron chi connectivity index (χ4n) is 4.37. The molecule has 0 bridgehead atoms. The zero-order chi connectivity index (χ0) is 22.9. The van der Waals surface area contributed by atoms with Crippen molar-refractivity contribution in [3.05, 3.63) is 95.7 Å². The third kappa shape index (κ3) is 3.82. The second-order valence-corrected chi connectivity index (χ2v) is 8.24. The molecule has 7 heteroatoms. The number of hydrogen-bond donors (Lipinski definition) is 0. The molecular weight excluding hydrogens is 416 g/mol. The fourth-order valence-corrected chi connectivity index (χ4v) is 4.37. The van der Waals surface area contributed by atoms with Gasteiger partial charge in [0.1, 0.15) is 11.5 Å². The number of carbonyl (C=O) groups excluding carboxylic acids is 1. The quantitative estimate of drug-likeness (QED) is 0.433. The summed E-state index contributed by atoms with van der Waals surface area (Å²) >= 11 is 0. The molecule has 3 heterocycles. The van der Waals surface area contributed by atoms with E-state index >= 15 is 0 Å². The lowest BCUT2D eigenvalue weighted by atomic mass is 10.2. The molecule has 0 radical (unpaired) electrons. The van der Waals surface area contributed by atoms with E-state index in [1.807, 2.05) is 60.7 Å². The number of pyridine rings is 1. The molecule has 0 saturated carbocycles. The lowest BCUT2D eigenvalue weighted by Crippen LogP contribution is -2.32. The van der Waals surface area contributed by atoms with Crippen LogP contribution in [-0.2, 0) is 4.79 Å². The molecule has 0 N–H and O–H groups in total. The molecule has 2 aromatic carbocycles. The zero-order valence-corrected chi connectivity index (χ0v) is 18.3. The van der Waals surface area contributed by atoms with Crippen LogP contribution in [0, 0.1) is 0 Å². The normalized spacial score (nSPS) is 15.7. The number of nitrogens with zero attached hydrogens (tertiary/aromatic N) is 4. The molecule has 166 valence electrons. The van der Waals surface area contributed by atoms with Crippen LogP contribution in [0.1, 0.15) is 19.4 Å². The highest BCUT2D eigenvalue weighted by Crippen LogP contribution is 2.28. The molecule has 1 aliphatic heterocycles. The Morgan fingerprint density at radius 1 is 1.03 bits per heavy atom. The molecule has 5 rings (SSSR count). The SMILES string of the molecule is C=C(C)C(=O)N1CC[C@@H](n2c(=O)n(-c3ccc(Oc4ccccc4)cc3)c3cnccc32)C1. The Balaban J connectivity index is 1.50. The average molecular weight is 441 g/mol. The monoisotopic (exact) mass is 440 g/mol. The molecule has 4 aromatic rings. The predicted octanol–water partition coefficient (Wildman–Crippen LogP) is 4.33. The number of likely N-dealkylation sites (tertiary alicyclic amines) is 1. The Kier molecular flexibility index (Phi) is 5.30. The Hall–Kier alpha value is -4.13. The minimum atomic E-state index is -0.149. The topological polar surface area (TPSA) is 69.4 Å². The van der Waals surface area contributed by atoms with Crippen LogP contribution in [0.25, 0.3) is 16.7 Å². The summed E-state index contributed by atoms with van der Waals surface area (Å²) in [7, 11) is 0. The number of amides is 1. The molecule has 33 heavy (non-hydrogen) atoms. The minimum absolute atomic E-state index is 0.0649. The molecule has 1 atom stereocenters. The van der Waals surface area contributed by atoms with Crippen molar-refractivity contribution in [2.45, 2.75) is 19.4 Å². The van der Waals surface area contributed by atoms with Crippen molar-refractivity contribution in [2.75, 3.05) is 13.1 Å². The first-order valence-electron chi connectivity index (χ1n) is 10.9. The second-order valence-electron chi connectivity index (χ2n) is 8.24. The van der Waals surface area contributed by atoms with Crippen LogP contribution in [0.5, 0.6) is 11.5 Å². The molecule has 0 spiro atoms. The molecule has 2 aromatic heterocycles. The third-order valence-corrected chi connectivity index (χ3v) is 5.93. The van der Waals surface area contributed by atoms with Crippen molar-refractivity contribution < 1.29 is 9.53 Å². The van der Waals surface area contributed by atoms with E-state index in [0.29, 0.717) is 30.8 Å². The van der Waals surface area contributed by atoms with E-state index in [0.717, 1.165) is 22.5 Å². The largest absolute Gasteiger partial charge is 0.457 e. The van der Waals surface area contributed by atoms with Crippen LogP contribution in [0.15, 0.2) is 90.0 Å². The van der Waals surface area contributed by atoms with Crippen LogP contribution < -0.4 is 10.4 Å². The summed E-state index contributed by atoms with van der Waals surface area (Å²) in [4.78, 5) is 32.0. The van der Waals surface area contributed by atoms with E-state index in [4.69, 9.17) is 4.74 Å². The summed E-state index contributed by atoms with van der Waals surface area (Å²) in [5, 5.41) is 0. The van der Waals surface area contributed by atoms with Gasteiger partial charge in [0.15, 0.2) is 0 Å². The molecule has 0 aliphatic carbocycles. The number of benzene rings is 2. The average Bonchev–Trinajstić information content (AvgIpc) is 3.42. The predicted molar refractivity (Wildman–Crippen MR) is 127 cm³/mol. The maximum Gasteiger partial charge on any atom is 0.334 e. The van der Waals surface area contributed by atoms with E-state index < -0.39 is 0 Å². The van der Waals surface area contributed by atoms with Gasteiger partial charge in [-0.1, -0.05) is 24.8 Å². The van der Waals surface area contributed by atoms with Crippen LogP contribution in [0.3, 0.4) is 0 Å². The van der Waals surface area contributed by atoms with Gasteiger partial charge in [-0.25, -0.2) is 4.79 Å². The van der Waals surface area contributed by atoms with E-state index in [1.54, 1.807) is 33.4 Å². The zero-order valence-electron chi connectivity index (χ0n) is 18.3. The van der Waals surface area contributed by atoms with Crippen molar-refractivity contribution in [1.82, 2.24) is 19.0 Å². The molecule has 7 nitrogen and oxygen atoms in total. The number of ether oxygens (including phenoxy) is 1. The van der Waals surface area contributed by atoms with Gasteiger partial charge in [0.2, 0.25) is 5.91 Å². The highest BCUT2D eigenvalue weighted by atomic mass is 16.5. The van der Waals surface area contributed by atoms with Crippen molar-refractivity contribution in [2.24, 2.45) is 0 Å². The number of rotatable bonds is 5. The molecule has 1 saturated heterocycles. The molecule has 1 amide bonds. The Bertz CT molecular complexity index is 1390. The minimum Gasteiger partial charge on any atom is -0.457 e. The van der Waals surface area contributed by atoms with Gasteiger partial charge in [0.25, 0.3) is 0 Å². The summed E-state index contributed by atoms with van der Waals surface area (Å²) in [6.07, 6.45) is 4.10. The maximum absolute atomic E-state index is 13.6. The van der Waals surface area contributed by atoms with E-state index in [2.05, 4.69) is 11.6 Å². The highest BCUT2D eigenvalue weighted by Gasteiger charge is 2.30. The number of aromatic nitrogens is 3. The molecule has 1 aliphatic rings. The lowest BCUT2D eigenvalue weighted by Gasteiger charge is -2.17. The van der Waals surface area contributed by atoms with Crippen molar-refractivity contribution in [1.29, 1.82) is 0 Å². The van der Waals surface area contributed by atoms with Gasteiger partial charge in [0, 0.05) is 24.9 Å².